The molecular weight excluding hydrogens is 451 g/mol. The van der Waals surface area contributed by atoms with E-state index in [4.69, 9.17) is 14.5 Å². The van der Waals surface area contributed by atoms with Gasteiger partial charge in [0, 0.05) is 12.1 Å². The molecule has 0 atom stereocenters. The Morgan fingerprint density at radius 2 is 1.41 bits per heavy atom. The van der Waals surface area contributed by atoms with E-state index >= 15 is 0 Å². The molecule has 0 unspecified atom stereocenters. The van der Waals surface area contributed by atoms with Crippen LogP contribution in [0.2, 0.25) is 0 Å². The minimum absolute atomic E-state index is 0.221. The lowest BCUT2D eigenvalue weighted by atomic mass is 10.1. The average molecular weight is 498 g/mol. The van der Waals surface area contributed by atoms with E-state index in [2.05, 4.69) is 24.3 Å². The third-order valence-electron chi connectivity index (χ3n) is 6.77. The number of nitrogens with zero attached hydrogens (tertiary/aromatic N) is 1. The van der Waals surface area contributed by atoms with E-state index in [0.717, 1.165) is 49.6 Å². The quantitative estimate of drug-likeness (QED) is 0.113. The van der Waals surface area contributed by atoms with Gasteiger partial charge in [-0.25, -0.2) is 14.4 Å². The zero-order valence-corrected chi connectivity index (χ0v) is 21.9. The first kappa shape index (κ1) is 29.0. The van der Waals surface area contributed by atoms with Gasteiger partial charge in [-0.3, -0.25) is 0 Å². The summed E-state index contributed by atoms with van der Waals surface area (Å²) in [4.78, 5) is 29.7. The van der Waals surface area contributed by atoms with Crippen LogP contribution in [0.5, 0.6) is 0 Å². The van der Waals surface area contributed by atoms with Gasteiger partial charge in [-0.05, 0) is 44.2 Å². The van der Waals surface area contributed by atoms with Crippen molar-refractivity contribution in [3.63, 3.8) is 0 Å². The number of unbranched alkanes of at least 4 members (excludes halogenated alkanes) is 9. The van der Waals surface area contributed by atoms with Gasteiger partial charge >= 0.3 is 13.7 Å². The average Bonchev–Trinajstić information content (AvgIpc) is 2.79. The number of quaternary nitrogens is 1. The second kappa shape index (κ2) is 15.7. The van der Waals surface area contributed by atoms with Gasteiger partial charge in [-0.2, -0.15) is 0 Å². The van der Waals surface area contributed by atoms with Crippen molar-refractivity contribution in [2.24, 2.45) is 0 Å². The van der Waals surface area contributed by atoms with Gasteiger partial charge in [-0.1, -0.05) is 63.5 Å². The first-order valence-corrected chi connectivity index (χ1v) is 14.8. The van der Waals surface area contributed by atoms with E-state index in [1.807, 2.05) is 12.1 Å². The molecule has 1 aromatic carbocycles. The molecule has 0 amide bonds. The molecule has 34 heavy (non-hydrogen) atoms. The number of ether oxygens (including phenoxy) is 1. The van der Waals surface area contributed by atoms with Crippen LogP contribution in [0.3, 0.4) is 0 Å². The number of hydrogen-bond acceptors (Lipinski definition) is 3. The van der Waals surface area contributed by atoms with E-state index in [-0.39, 0.29) is 5.97 Å². The van der Waals surface area contributed by atoms with Crippen molar-refractivity contribution in [1.82, 2.24) is 5.09 Å². The molecule has 8 heteroatoms. The summed E-state index contributed by atoms with van der Waals surface area (Å²) < 4.78 is 17.2. The van der Waals surface area contributed by atoms with Gasteiger partial charge in [0.2, 0.25) is 0 Å². The summed E-state index contributed by atoms with van der Waals surface area (Å²) in [5.74, 6) is -0.221. The van der Waals surface area contributed by atoms with Crippen LogP contribution in [-0.4, -0.2) is 53.5 Å². The number of esters is 1. The molecule has 1 heterocycles. The summed E-state index contributed by atoms with van der Waals surface area (Å²) in [6.45, 7) is 4.38. The Kier molecular flexibility index (Phi) is 13.4. The van der Waals surface area contributed by atoms with E-state index in [9.17, 15) is 9.36 Å². The van der Waals surface area contributed by atoms with E-state index in [1.165, 1.54) is 63.6 Å². The molecule has 0 spiro atoms. The van der Waals surface area contributed by atoms with Crippen molar-refractivity contribution in [3.05, 3.63) is 35.4 Å². The zero-order chi connectivity index (χ0) is 24.7. The summed E-state index contributed by atoms with van der Waals surface area (Å²) in [6.07, 6.45) is 14.8. The summed E-state index contributed by atoms with van der Waals surface area (Å²) in [7, 11) is -1.72. The maximum atomic E-state index is 12.3. The third-order valence-corrected chi connectivity index (χ3v) is 7.41. The first-order chi connectivity index (χ1) is 16.3. The highest BCUT2D eigenvalue weighted by atomic mass is 31.2. The molecule has 1 saturated heterocycles. The molecule has 0 radical (unpaired) electrons. The fraction of sp³-hybridized carbons (Fsp3) is 0.731. The number of benzene rings is 1. The maximum Gasteiger partial charge on any atom is 0.400 e. The van der Waals surface area contributed by atoms with Crippen molar-refractivity contribution in [1.29, 1.82) is 0 Å². The van der Waals surface area contributed by atoms with Crippen molar-refractivity contribution >= 4 is 13.7 Å². The lowest BCUT2D eigenvalue weighted by molar-refractivity contribution is -0.926. The number of carbonyl (C=O) groups is 1. The Morgan fingerprint density at radius 3 is 1.97 bits per heavy atom. The highest BCUT2D eigenvalue weighted by Crippen LogP contribution is 2.27. The van der Waals surface area contributed by atoms with E-state index < -0.39 is 7.75 Å². The van der Waals surface area contributed by atoms with Gasteiger partial charge in [0.25, 0.3) is 0 Å². The predicted molar refractivity (Wildman–Crippen MR) is 136 cm³/mol. The summed E-state index contributed by atoms with van der Waals surface area (Å²) in [5.41, 5.74) is 1.93. The monoisotopic (exact) mass is 497 g/mol. The van der Waals surface area contributed by atoms with Gasteiger partial charge in [-0.15, -0.1) is 0 Å². The van der Waals surface area contributed by atoms with Crippen LogP contribution >= 0.6 is 7.75 Å². The molecule has 194 valence electrons. The van der Waals surface area contributed by atoms with Crippen LogP contribution in [0.1, 0.15) is 99.4 Å². The zero-order valence-electron chi connectivity index (χ0n) is 21.1. The van der Waals surface area contributed by atoms with Gasteiger partial charge in [0.15, 0.2) is 0 Å². The van der Waals surface area contributed by atoms with Gasteiger partial charge < -0.3 is 19.0 Å². The largest absolute Gasteiger partial charge is 0.462 e. The number of piperidine rings is 1. The third kappa shape index (κ3) is 13.0. The van der Waals surface area contributed by atoms with E-state index in [0.29, 0.717) is 18.7 Å². The molecule has 1 aromatic rings. The van der Waals surface area contributed by atoms with Gasteiger partial charge in [0.1, 0.15) is 6.54 Å². The Morgan fingerprint density at radius 1 is 0.882 bits per heavy atom. The second-order valence-electron chi connectivity index (χ2n) is 10.1. The smallest absolute Gasteiger partial charge is 0.400 e. The topological polar surface area (TPSA) is 95.9 Å². The molecule has 0 bridgehead atoms. The Bertz CT molecular complexity index is 744. The molecule has 0 aliphatic carbocycles. The van der Waals surface area contributed by atoms with Crippen LogP contribution in [0.15, 0.2) is 24.3 Å². The van der Waals surface area contributed by atoms with Crippen molar-refractivity contribution in [3.8, 4) is 0 Å². The van der Waals surface area contributed by atoms with Crippen LogP contribution in [0, 0.1) is 0 Å². The Hall–Kier alpha value is -1.24. The summed E-state index contributed by atoms with van der Waals surface area (Å²) >= 11 is 0. The number of hydrogen-bond donors (Lipinski definition) is 3. The minimum Gasteiger partial charge on any atom is -0.462 e. The van der Waals surface area contributed by atoms with Crippen LogP contribution < -0.4 is 5.09 Å². The Balaban J connectivity index is 1.44. The number of likely N-dealkylation sites (tertiary alicyclic amines) is 1. The van der Waals surface area contributed by atoms with Crippen LogP contribution in [0.25, 0.3) is 0 Å². The maximum absolute atomic E-state index is 12.3. The predicted octanol–water partition coefficient (Wildman–Crippen LogP) is 5.56. The number of carbonyl (C=O) groups excluding carboxylic acids is 1. The lowest BCUT2D eigenvalue weighted by Gasteiger charge is -2.37. The summed E-state index contributed by atoms with van der Waals surface area (Å²) in [6, 6.07) is 7.96. The van der Waals surface area contributed by atoms with Crippen LogP contribution in [0.4, 0.5) is 0 Å². The van der Waals surface area contributed by atoms with E-state index in [1.54, 1.807) is 0 Å². The highest BCUT2D eigenvalue weighted by molar-refractivity contribution is 7.49. The van der Waals surface area contributed by atoms with Crippen molar-refractivity contribution < 1.29 is 28.4 Å². The molecule has 1 fully saturated rings. The first-order valence-electron chi connectivity index (χ1n) is 13.2. The molecule has 7 nitrogen and oxygen atoms in total. The molecule has 0 aromatic heterocycles. The van der Waals surface area contributed by atoms with Gasteiger partial charge in [0.05, 0.1) is 32.3 Å². The SMILES string of the molecule is C[N+]1(Cc2ccc(C(=O)OCCCCCCCCCCCCNP(=O)(O)O)cc2)CCCCC1. The molecule has 3 N–H and O–H groups in total. The minimum atomic E-state index is -4.06. The highest BCUT2D eigenvalue weighted by Gasteiger charge is 2.24. The number of nitrogens with one attached hydrogen (secondary N) is 1. The molecule has 0 saturated carbocycles. The standard InChI is InChI=1S/C26H45N2O5P/c1-28(20-12-10-13-21-28)23-24-15-17-25(18-16-24)26(29)33-22-14-9-7-5-3-2-4-6-8-11-19-27-34(30,31)32/h15-18H,2-14,19-23H2,1H3,(H2-,27,30,31,32)/p+1. The second-order valence-corrected chi connectivity index (χ2v) is 11.5. The molecule has 1 aliphatic heterocycles. The fourth-order valence-electron chi connectivity index (χ4n) is 4.73. The molecule has 2 rings (SSSR count). The number of rotatable bonds is 17. The summed E-state index contributed by atoms with van der Waals surface area (Å²) in [5, 5.41) is 2.23. The molecule has 1 aliphatic rings. The normalized spacial score (nSPS) is 15.9. The van der Waals surface area contributed by atoms with Crippen LogP contribution in [-0.2, 0) is 15.8 Å². The van der Waals surface area contributed by atoms with Crippen molar-refractivity contribution in [2.45, 2.75) is 90.0 Å². The lowest BCUT2D eigenvalue weighted by Crippen LogP contribution is -2.46. The Labute approximate surface area is 206 Å². The van der Waals surface area contributed by atoms with Crippen molar-refractivity contribution in [2.75, 3.05) is 33.3 Å². The molecular formula is C26H46N2O5P+. The fourth-order valence-corrected chi connectivity index (χ4v) is 5.18.